The number of benzene rings is 1. The Morgan fingerprint density at radius 2 is 2.21 bits per heavy atom. The van der Waals surface area contributed by atoms with Crippen molar-refractivity contribution in [3.05, 3.63) is 66.1 Å². The van der Waals surface area contributed by atoms with Crippen LogP contribution in [0.1, 0.15) is 26.4 Å². The van der Waals surface area contributed by atoms with Gasteiger partial charge >= 0.3 is 6.01 Å². The molecule has 1 aliphatic heterocycles. The van der Waals surface area contributed by atoms with Gasteiger partial charge in [0.2, 0.25) is 0 Å². The Bertz CT molecular complexity index is 1280. The number of fused-ring (bicyclic) bond motifs is 1. The van der Waals surface area contributed by atoms with Gasteiger partial charge in [-0.05, 0) is 25.5 Å². The van der Waals surface area contributed by atoms with E-state index in [1.54, 1.807) is 42.2 Å². The zero-order valence-corrected chi connectivity index (χ0v) is 17.9. The molecule has 4 aromatic rings. The summed E-state index contributed by atoms with van der Waals surface area (Å²) in [5.41, 5.74) is 2.22. The molecular formula is C23H24F2N6O2. The lowest BCUT2D eigenvalue weighted by Crippen LogP contribution is -2.15. The lowest BCUT2D eigenvalue weighted by molar-refractivity contribution is 0.163. The predicted molar refractivity (Wildman–Crippen MR) is 119 cm³/mol. The van der Waals surface area contributed by atoms with Gasteiger partial charge in [0, 0.05) is 44.0 Å². The Kier molecular flexibility index (Phi) is 5.82. The van der Waals surface area contributed by atoms with Crippen LogP contribution >= 0.6 is 0 Å². The first-order chi connectivity index (χ1) is 16.1. The van der Waals surface area contributed by atoms with Crippen LogP contribution in [0.25, 0.3) is 16.9 Å². The number of nitrogens with zero attached hydrogens (tertiary/aromatic N) is 5. The molecule has 0 spiro atoms. The predicted octanol–water partition coefficient (Wildman–Crippen LogP) is 4.30. The Balaban J connectivity index is 0.00000274. The van der Waals surface area contributed by atoms with E-state index in [-0.39, 0.29) is 13.4 Å². The second-order valence-corrected chi connectivity index (χ2v) is 7.94. The molecule has 1 fully saturated rings. The van der Waals surface area contributed by atoms with Gasteiger partial charge in [0.25, 0.3) is 0 Å². The second-order valence-electron chi connectivity index (χ2n) is 7.94. The van der Waals surface area contributed by atoms with Crippen molar-refractivity contribution < 1.29 is 19.7 Å². The fourth-order valence-corrected chi connectivity index (χ4v) is 3.77. The van der Waals surface area contributed by atoms with E-state index in [1.165, 1.54) is 12.1 Å². The van der Waals surface area contributed by atoms with Crippen LogP contribution < -0.4 is 10.1 Å². The summed E-state index contributed by atoms with van der Waals surface area (Å²) in [5, 5.41) is 7.49. The standard InChI is InChI=1S/C23H22F2N6O2.H2/c1-14(17-4-3-16(24)9-19(17)25)28-21-10-20(18-11-27-31-7-2-6-26-22(18)31)29-23(30-21)33-13-15-5-8-32-12-15;/h2-4,6-7,9-11,14-15H,5,8,12-13H2,1H3,(H,28,29,30);1H/t14-,15?;/m0./s1. The maximum Gasteiger partial charge on any atom is 0.318 e. The number of ether oxygens (including phenoxy) is 2. The van der Waals surface area contributed by atoms with Crippen molar-refractivity contribution in [1.29, 1.82) is 0 Å². The van der Waals surface area contributed by atoms with Crippen LogP contribution in [0, 0.1) is 17.6 Å². The summed E-state index contributed by atoms with van der Waals surface area (Å²) in [7, 11) is 0. The third-order valence-electron chi connectivity index (χ3n) is 5.53. The monoisotopic (exact) mass is 454 g/mol. The molecule has 0 radical (unpaired) electrons. The summed E-state index contributed by atoms with van der Waals surface area (Å²) in [6.07, 6.45) is 6.07. The fraction of sp³-hybridized carbons (Fsp3) is 0.304. The topological polar surface area (TPSA) is 86.5 Å². The number of rotatable bonds is 7. The van der Waals surface area contributed by atoms with Gasteiger partial charge < -0.3 is 14.8 Å². The van der Waals surface area contributed by atoms with E-state index in [4.69, 9.17) is 9.47 Å². The SMILES string of the molecule is C[C@H](Nc1cc(-c2cnn3cccnc23)nc(OCC2CCOC2)n1)c1ccc(F)cc1F.[HH]. The molecule has 0 saturated carbocycles. The van der Waals surface area contributed by atoms with Crippen molar-refractivity contribution in [2.75, 3.05) is 25.1 Å². The quantitative estimate of drug-likeness (QED) is 0.446. The molecule has 10 heteroatoms. The van der Waals surface area contributed by atoms with Crippen LogP contribution in [0.3, 0.4) is 0 Å². The summed E-state index contributed by atoms with van der Waals surface area (Å²) < 4.78 is 40.6. The van der Waals surface area contributed by atoms with Gasteiger partial charge in [-0.15, -0.1) is 0 Å². The first-order valence-electron chi connectivity index (χ1n) is 10.7. The maximum absolute atomic E-state index is 14.3. The molecule has 5 rings (SSSR count). The largest absolute Gasteiger partial charge is 0.463 e. The van der Waals surface area contributed by atoms with Crippen LogP contribution in [0.15, 0.2) is 48.9 Å². The first kappa shape index (κ1) is 21.2. The van der Waals surface area contributed by atoms with Crippen molar-refractivity contribution in [3.8, 4) is 17.3 Å². The van der Waals surface area contributed by atoms with Gasteiger partial charge in [0.15, 0.2) is 5.65 Å². The van der Waals surface area contributed by atoms with Crippen molar-refractivity contribution >= 4 is 11.5 Å². The minimum absolute atomic E-state index is 0. The minimum Gasteiger partial charge on any atom is -0.463 e. The number of aromatic nitrogens is 5. The summed E-state index contributed by atoms with van der Waals surface area (Å²) in [4.78, 5) is 13.4. The van der Waals surface area contributed by atoms with E-state index in [1.807, 2.05) is 0 Å². The molecule has 172 valence electrons. The Morgan fingerprint density at radius 1 is 1.30 bits per heavy atom. The Labute approximate surface area is 190 Å². The smallest absolute Gasteiger partial charge is 0.318 e. The molecule has 1 aromatic carbocycles. The van der Waals surface area contributed by atoms with Crippen LogP contribution in [-0.2, 0) is 4.74 Å². The zero-order chi connectivity index (χ0) is 22.8. The summed E-state index contributed by atoms with van der Waals surface area (Å²) in [5.74, 6) is -0.544. The van der Waals surface area contributed by atoms with Crippen molar-refractivity contribution in [2.45, 2.75) is 19.4 Å². The van der Waals surface area contributed by atoms with Crippen LogP contribution in [0.4, 0.5) is 14.6 Å². The van der Waals surface area contributed by atoms with Gasteiger partial charge in [0.05, 0.1) is 36.7 Å². The van der Waals surface area contributed by atoms with Gasteiger partial charge in [0.1, 0.15) is 17.5 Å². The second kappa shape index (κ2) is 9.07. The van der Waals surface area contributed by atoms with Gasteiger partial charge in [-0.25, -0.2) is 18.3 Å². The molecule has 8 nitrogen and oxygen atoms in total. The van der Waals surface area contributed by atoms with E-state index in [0.717, 1.165) is 19.1 Å². The van der Waals surface area contributed by atoms with Gasteiger partial charge in [-0.3, -0.25) is 0 Å². The highest BCUT2D eigenvalue weighted by Gasteiger charge is 2.19. The van der Waals surface area contributed by atoms with Gasteiger partial charge in [-0.1, -0.05) is 6.07 Å². The Morgan fingerprint density at radius 3 is 3.03 bits per heavy atom. The highest BCUT2D eigenvalue weighted by Crippen LogP contribution is 2.28. The zero-order valence-electron chi connectivity index (χ0n) is 17.9. The molecule has 1 unspecified atom stereocenters. The minimum atomic E-state index is -0.631. The van der Waals surface area contributed by atoms with E-state index in [2.05, 4.69) is 25.4 Å². The molecule has 0 bridgehead atoms. The summed E-state index contributed by atoms with van der Waals surface area (Å²) in [6, 6.07) is 6.72. The average molecular weight is 454 g/mol. The lowest BCUT2D eigenvalue weighted by atomic mass is 10.1. The molecule has 1 saturated heterocycles. The normalized spacial score (nSPS) is 16.8. The summed E-state index contributed by atoms with van der Waals surface area (Å²) >= 11 is 0. The molecular weight excluding hydrogens is 430 g/mol. The van der Waals surface area contributed by atoms with Gasteiger partial charge in [-0.2, -0.15) is 15.1 Å². The van der Waals surface area contributed by atoms with E-state index in [0.29, 0.717) is 41.5 Å². The number of hydrogen-bond donors (Lipinski definition) is 1. The average Bonchev–Trinajstić information content (AvgIpc) is 3.47. The third-order valence-corrected chi connectivity index (χ3v) is 5.53. The highest BCUT2D eigenvalue weighted by molar-refractivity contribution is 5.75. The number of hydrogen-bond acceptors (Lipinski definition) is 7. The summed E-state index contributed by atoms with van der Waals surface area (Å²) in [6.45, 7) is 3.56. The molecule has 0 aliphatic carbocycles. The lowest BCUT2D eigenvalue weighted by Gasteiger charge is -2.17. The highest BCUT2D eigenvalue weighted by atomic mass is 19.1. The van der Waals surface area contributed by atoms with E-state index >= 15 is 0 Å². The van der Waals surface area contributed by atoms with Crippen LogP contribution in [-0.4, -0.2) is 44.4 Å². The van der Waals surface area contributed by atoms with E-state index < -0.39 is 17.7 Å². The molecule has 3 aromatic heterocycles. The molecule has 1 N–H and O–H groups in total. The maximum atomic E-state index is 14.3. The van der Waals surface area contributed by atoms with Crippen LogP contribution in [0.5, 0.6) is 6.01 Å². The molecule has 33 heavy (non-hydrogen) atoms. The molecule has 0 amide bonds. The number of nitrogens with one attached hydrogen (secondary N) is 1. The van der Waals surface area contributed by atoms with Crippen molar-refractivity contribution in [1.82, 2.24) is 24.6 Å². The number of halogens is 2. The molecule has 2 atom stereocenters. The molecule has 4 heterocycles. The van der Waals surface area contributed by atoms with E-state index in [9.17, 15) is 8.78 Å². The first-order valence-corrected chi connectivity index (χ1v) is 10.7. The molecule has 1 aliphatic rings. The fourth-order valence-electron chi connectivity index (χ4n) is 3.77. The van der Waals surface area contributed by atoms with Crippen molar-refractivity contribution in [2.24, 2.45) is 5.92 Å². The van der Waals surface area contributed by atoms with Crippen LogP contribution in [0.2, 0.25) is 0 Å². The van der Waals surface area contributed by atoms with Crippen molar-refractivity contribution in [3.63, 3.8) is 0 Å². The third kappa shape index (κ3) is 4.61. The number of anilines is 1. The Hall–Kier alpha value is -3.66.